The summed E-state index contributed by atoms with van der Waals surface area (Å²) >= 11 is 0. The van der Waals surface area contributed by atoms with Crippen LogP contribution in [0.1, 0.15) is 20.3 Å². The first-order valence-corrected chi connectivity index (χ1v) is 7.95. The third-order valence-corrected chi connectivity index (χ3v) is 3.38. The highest BCUT2D eigenvalue weighted by atomic mass is 16.5. The minimum Gasteiger partial charge on any atom is -0.383 e. The Hall–Kier alpha value is -2.21. The zero-order valence-corrected chi connectivity index (χ0v) is 14.4. The molecule has 23 heavy (non-hydrogen) atoms. The predicted molar refractivity (Wildman–Crippen MR) is 91.4 cm³/mol. The second-order valence-corrected chi connectivity index (χ2v) is 5.74. The summed E-state index contributed by atoms with van der Waals surface area (Å²) in [6, 6.07) is 7.93. The van der Waals surface area contributed by atoms with Crippen LogP contribution in [0.4, 0.5) is 17.3 Å². The van der Waals surface area contributed by atoms with Crippen LogP contribution in [0.5, 0.6) is 0 Å². The van der Waals surface area contributed by atoms with E-state index < -0.39 is 0 Å². The Balaban J connectivity index is 1.97. The summed E-state index contributed by atoms with van der Waals surface area (Å²) in [5, 5.41) is 12.1. The minimum absolute atomic E-state index is 0.280. The van der Waals surface area contributed by atoms with Crippen molar-refractivity contribution in [2.45, 2.75) is 26.4 Å². The standard InChI is InChI=1S/C17H25N5O/c1-14(2)23-13-7-10-18-15-8-5-6-9-16(15)19-20-17-21(3)11-12-22(17)4/h5-6,8-9,11-12,14H,7,10,13H2,1-4H3/p+1. The van der Waals surface area contributed by atoms with Gasteiger partial charge in [0.2, 0.25) is 0 Å². The zero-order valence-electron chi connectivity index (χ0n) is 14.4. The lowest BCUT2D eigenvalue weighted by Crippen LogP contribution is -2.25. The van der Waals surface area contributed by atoms with Crippen molar-refractivity contribution in [1.82, 2.24) is 4.57 Å². The first kappa shape index (κ1) is 17.1. The van der Waals surface area contributed by atoms with E-state index in [0.29, 0.717) is 0 Å². The highest BCUT2D eigenvalue weighted by molar-refractivity contribution is 5.64. The molecule has 0 bridgehead atoms. The molecule has 0 aliphatic carbocycles. The van der Waals surface area contributed by atoms with Crippen molar-refractivity contribution in [3.05, 3.63) is 36.7 Å². The van der Waals surface area contributed by atoms with Crippen LogP contribution in [-0.4, -0.2) is 23.8 Å². The zero-order chi connectivity index (χ0) is 16.7. The molecule has 0 unspecified atom stereocenters. The molecular formula is C17H26N5O+. The molecular weight excluding hydrogens is 290 g/mol. The van der Waals surface area contributed by atoms with Gasteiger partial charge >= 0.3 is 5.95 Å². The maximum Gasteiger partial charge on any atom is 0.421 e. The fourth-order valence-electron chi connectivity index (χ4n) is 2.15. The van der Waals surface area contributed by atoms with E-state index in [1.54, 1.807) is 0 Å². The number of imidazole rings is 1. The molecule has 6 nitrogen and oxygen atoms in total. The van der Waals surface area contributed by atoms with E-state index in [9.17, 15) is 0 Å². The molecule has 1 aromatic heterocycles. The lowest BCUT2D eigenvalue weighted by atomic mass is 10.2. The number of nitrogens with one attached hydrogen (secondary N) is 1. The molecule has 0 aliphatic rings. The van der Waals surface area contributed by atoms with Crippen molar-refractivity contribution in [3.8, 4) is 0 Å². The van der Waals surface area contributed by atoms with Crippen LogP contribution >= 0.6 is 0 Å². The number of hydrogen-bond donors (Lipinski definition) is 1. The summed E-state index contributed by atoms with van der Waals surface area (Å²) in [7, 11) is 3.90. The molecule has 0 radical (unpaired) electrons. The summed E-state index contributed by atoms with van der Waals surface area (Å²) in [4.78, 5) is 0. The van der Waals surface area contributed by atoms with Crippen molar-refractivity contribution in [2.75, 3.05) is 18.5 Å². The van der Waals surface area contributed by atoms with Crippen LogP contribution in [0.25, 0.3) is 0 Å². The van der Waals surface area contributed by atoms with E-state index in [0.717, 1.165) is 36.9 Å². The second kappa shape index (κ2) is 8.43. The van der Waals surface area contributed by atoms with Gasteiger partial charge in [-0.1, -0.05) is 17.2 Å². The Morgan fingerprint density at radius 1 is 1.26 bits per heavy atom. The van der Waals surface area contributed by atoms with Crippen LogP contribution < -0.4 is 9.88 Å². The van der Waals surface area contributed by atoms with Crippen LogP contribution in [0.2, 0.25) is 0 Å². The van der Waals surface area contributed by atoms with Crippen molar-refractivity contribution < 1.29 is 9.30 Å². The topological polar surface area (TPSA) is 54.8 Å². The molecule has 6 heteroatoms. The van der Waals surface area contributed by atoms with Gasteiger partial charge in [0, 0.05) is 18.3 Å². The number of azo groups is 1. The number of benzene rings is 1. The molecule has 124 valence electrons. The van der Waals surface area contributed by atoms with E-state index >= 15 is 0 Å². The van der Waals surface area contributed by atoms with Gasteiger partial charge < -0.3 is 10.1 Å². The normalized spacial score (nSPS) is 11.5. The third-order valence-electron chi connectivity index (χ3n) is 3.38. The first-order chi connectivity index (χ1) is 11.1. The van der Waals surface area contributed by atoms with Gasteiger partial charge in [-0.15, -0.1) is 0 Å². The molecule has 0 saturated heterocycles. The molecule has 0 fully saturated rings. The van der Waals surface area contributed by atoms with Gasteiger partial charge in [-0.25, -0.2) is 9.13 Å². The molecule has 0 saturated carbocycles. The van der Waals surface area contributed by atoms with E-state index in [-0.39, 0.29) is 6.10 Å². The van der Waals surface area contributed by atoms with E-state index in [1.807, 2.05) is 73.7 Å². The lowest BCUT2D eigenvalue weighted by molar-refractivity contribution is -0.657. The third kappa shape index (κ3) is 5.17. The van der Waals surface area contributed by atoms with Gasteiger partial charge in [0.1, 0.15) is 5.69 Å². The van der Waals surface area contributed by atoms with Crippen molar-refractivity contribution in [3.63, 3.8) is 0 Å². The molecule has 1 heterocycles. The molecule has 0 amide bonds. The van der Waals surface area contributed by atoms with Gasteiger partial charge in [-0.05, 0) is 32.4 Å². The van der Waals surface area contributed by atoms with Gasteiger partial charge in [-0.3, -0.25) is 0 Å². The average molecular weight is 316 g/mol. The van der Waals surface area contributed by atoms with Crippen LogP contribution in [0, 0.1) is 0 Å². The lowest BCUT2D eigenvalue weighted by Gasteiger charge is -2.09. The van der Waals surface area contributed by atoms with Gasteiger partial charge in [0.15, 0.2) is 0 Å². The Morgan fingerprint density at radius 3 is 2.74 bits per heavy atom. The minimum atomic E-state index is 0.280. The second-order valence-electron chi connectivity index (χ2n) is 5.74. The first-order valence-electron chi connectivity index (χ1n) is 7.95. The van der Waals surface area contributed by atoms with Crippen LogP contribution in [0.15, 0.2) is 46.9 Å². The highest BCUT2D eigenvalue weighted by Gasteiger charge is 2.11. The number of para-hydroxylation sites is 1. The summed E-state index contributed by atoms with van der Waals surface area (Å²) in [5.41, 5.74) is 1.82. The quantitative estimate of drug-likeness (QED) is 0.460. The number of aromatic nitrogens is 2. The van der Waals surface area contributed by atoms with Crippen LogP contribution in [-0.2, 0) is 18.8 Å². The Kier molecular flexibility index (Phi) is 6.29. The summed E-state index contributed by atoms with van der Waals surface area (Å²) < 4.78 is 9.41. The molecule has 1 N–H and O–H groups in total. The Morgan fingerprint density at radius 2 is 2.04 bits per heavy atom. The number of nitrogens with zero attached hydrogens (tertiary/aromatic N) is 4. The predicted octanol–water partition coefficient (Wildman–Crippen LogP) is 3.49. The van der Waals surface area contributed by atoms with Crippen molar-refractivity contribution >= 4 is 17.3 Å². The van der Waals surface area contributed by atoms with Gasteiger partial charge in [-0.2, -0.15) is 0 Å². The molecule has 1 aromatic carbocycles. The summed E-state index contributed by atoms with van der Waals surface area (Å²) in [6.07, 6.45) is 5.14. The number of rotatable bonds is 8. The number of anilines is 1. The molecule has 0 atom stereocenters. The average Bonchev–Trinajstić information content (AvgIpc) is 2.84. The number of ether oxygens (including phenoxy) is 1. The van der Waals surface area contributed by atoms with E-state index in [2.05, 4.69) is 15.5 Å². The molecule has 0 aliphatic heterocycles. The molecule has 2 aromatic rings. The maximum absolute atomic E-state index is 5.55. The fourth-order valence-corrected chi connectivity index (χ4v) is 2.15. The number of aryl methyl sites for hydroxylation is 2. The SMILES string of the molecule is CC(C)OCCCNc1ccccc1/N=N/c1n(C)cc[n+]1C. The highest BCUT2D eigenvalue weighted by Crippen LogP contribution is 2.25. The van der Waals surface area contributed by atoms with Crippen LogP contribution in [0.3, 0.4) is 0 Å². The Labute approximate surface area is 137 Å². The smallest absolute Gasteiger partial charge is 0.383 e. The van der Waals surface area contributed by atoms with Gasteiger partial charge in [0.25, 0.3) is 0 Å². The largest absolute Gasteiger partial charge is 0.421 e. The van der Waals surface area contributed by atoms with Crippen molar-refractivity contribution in [1.29, 1.82) is 0 Å². The fraction of sp³-hybridized carbons (Fsp3) is 0.471. The van der Waals surface area contributed by atoms with Crippen molar-refractivity contribution in [2.24, 2.45) is 24.3 Å². The Bertz CT molecular complexity index is 629. The molecule has 2 rings (SSSR count). The monoisotopic (exact) mass is 316 g/mol. The van der Waals surface area contributed by atoms with Gasteiger partial charge in [0.05, 0.1) is 38.3 Å². The van der Waals surface area contributed by atoms with E-state index in [4.69, 9.17) is 4.74 Å². The van der Waals surface area contributed by atoms with E-state index in [1.165, 1.54) is 0 Å². The summed E-state index contributed by atoms with van der Waals surface area (Å²) in [5.74, 6) is 0.796. The molecule has 0 spiro atoms. The number of hydrogen-bond acceptors (Lipinski definition) is 4. The maximum atomic E-state index is 5.55. The summed E-state index contributed by atoms with van der Waals surface area (Å²) in [6.45, 7) is 5.70.